The molecule has 0 heterocycles. The zero-order valence-corrected chi connectivity index (χ0v) is 23.6. The van der Waals surface area contributed by atoms with Crippen molar-refractivity contribution in [2.75, 3.05) is 4.90 Å². The fourth-order valence-electron chi connectivity index (χ4n) is 4.53. The van der Waals surface area contributed by atoms with Crippen LogP contribution >= 0.6 is 27.5 Å². The fourth-order valence-corrected chi connectivity index (χ4v) is 5.20. The molecule has 0 saturated heterocycles. The molecule has 0 aliphatic carbocycles. The summed E-state index contributed by atoms with van der Waals surface area (Å²) in [6.45, 7) is 6.73. The second-order valence-corrected chi connectivity index (χ2v) is 11.6. The van der Waals surface area contributed by atoms with Crippen molar-refractivity contribution in [2.24, 2.45) is 0 Å². The highest BCUT2D eigenvalue weighted by Crippen LogP contribution is 2.42. The molecule has 184 valence electrons. The molecule has 0 atom stereocenters. The fraction of sp³-hybridized carbons (Fsp3) is 0.118. The lowest BCUT2D eigenvalue weighted by Gasteiger charge is -2.29. The molecular formula is C34H29BrClN. The standard InChI is InChI=1S/C34H29BrClN/c1-34(2,3)28-20-29(35)22-33(21-28)37(31-16-10-15-30(36)23-31)32-18-26(24-11-6-4-7-12-24)17-27(19-32)25-13-8-5-9-14-25/h4-23H,1-3H3. The van der Waals surface area contributed by atoms with Crippen LogP contribution in [0.4, 0.5) is 17.1 Å². The number of nitrogens with zero attached hydrogens (tertiary/aromatic N) is 1. The maximum Gasteiger partial charge on any atom is 0.0476 e. The molecule has 0 aliphatic heterocycles. The van der Waals surface area contributed by atoms with Gasteiger partial charge in [-0.2, -0.15) is 0 Å². The van der Waals surface area contributed by atoms with Crippen molar-refractivity contribution in [1.82, 2.24) is 0 Å². The maximum absolute atomic E-state index is 6.52. The van der Waals surface area contributed by atoms with Gasteiger partial charge in [0.1, 0.15) is 0 Å². The second-order valence-electron chi connectivity index (χ2n) is 10.3. The van der Waals surface area contributed by atoms with Crippen molar-refractivity contribution in [3.8, 4) is 22.3 Å². The SMILES string of the molecule is CC(C)(C)c1cc(Br)cc(N(c2cccc(Cl)c2)c2cc(-c3ccccc3)cc(-c3ccccc3)c2)c1. The van der Waals surface area contributed by atoms with E-state index in [1.165, 1.54) is 16.7 Å². The topological polar surface area (TPSA) is 3.24 Å². The van der Waals surface area contributed by atoms with E-state index in [0.29, 0.717) is 5.02 Å². The Balaban J connectivity index is 1.79. The van der Waals surface area contributed by atoms with Crippen LogP contribution in [0.5, 0.6) is 0 Å². The molecule has 1 nitrogen and oxygen atoms in total. The van der Waals surface area contributed by atoms with Gasteiger partial charge < -0.3 is 4.90 Å². The molecule has 0 amide bonds. The first-order chi connectivity index (χ1) is 17.8. The Morgan fingerprint density at radius 3 is 1.65 bits per heavy atom. The van der Waals surface area contributed by atoms with Gasteiger partial charge >= 0.3 is 0 Å². The summed E-state index contributed by atoms with van der Waals surface area (Å²) >= 11 is 10.3. The molecule has 0 saturated carbocycles. The first kappa shape index (κ1) is 25.3. The number of benzene rings is 5. The van der Waals surface area contributed by atoms with Crippen molar-refractivity contribution in [3.63, 3.8) is 0 Å². The Morgan fingerprint density at radius 2 is 1.11 bits per heavy atom. The highest BCUT2D eigenvalue weighted by Gasteiger charge is 2.20. The molecule has 0 radical (unpaired) electrons. The van der Waals surface area contributed by atoms with Crippen LogP contribution in [0.25, 0.3) is 22.3 Å². The molecule has 0 bridgehead atoms. The highest BCUT2D eigenvalue weighted by molar-refractivity contribution is 9.10. The van der Waals surface area contributed by atoms with Gasteiger partial charge in [-0.25, -0.2) is 0 Å². The molecule has 37 heavy (non-hydrogen) atoms. The normalized spacial score (nSPS) is 11.4. The summed E-state index contributed by atoms with van der Waals surface area (Å²) in [6.07, 6.45) is 0. The van der Waals surface area contributed by atoms with Crippen LogP contribution in [0.15, 0.2) is 126 Å². The summed E-state index contributed by atoms with van der Waals surface area (Å²) in [6, 6.07) is 42.6. The molecule has 0 aliphatic rings. The van der Waals surface area contributed by atoms with Crippen LogP contribution in [0.2, 0.25) is 5.02 Å². The largest absolute Gasteiger partial charge is 0.310 e. The van der Waals surface area contributed by atoms with Gasteiger partial charge in [-0.05, 0) is 87.8 Å². The third-order valence-corrected chi connectivity index (χ3v) is 7.16. The highest BCUT2D eigenvalue weighted by atomic mass is 79.9. The van der Waals surface area contributed by atoms with Gasteiger partial charge in [0.2, 0.25) is 0 Å². The molecule has 5 rings (SSSR count). The van der Waals surface area contributed by atoms with Gasteiger partial charge in [-0.1, -0.05) is 115 Å². The number of hydrogen-bond acceptors (Lipinski definition) is 1. The average Bonchev–Trinajstić information content (AvgIpc) is 2.89. The number of rotatable bonds is 5. The smallest absolute Gasteiger partial charge is 0.0476 e. The predicted molar refractivity (Wildman–Crippen MR) is 163 cm³/mol. The van der Waals surface area contributed by atoms with Crippen molar-refractivity contribution in [3.05, 3.63) is 136 Å². The monoisotopic (exact) mass is 565 g/mol. The summed E-state index contributed by atoms with van der Waals surface area (Å²) in [4.78, 5) is 2.30. The van der Waals surface area contributed by atoms with Crippen LogP contribution < -0.4 is 4.90 Å². The van der Waals surface area contributed by atoms with Gasteiger partial charge in [0.25, 0.3) is 0 Å². The molecule has 0 aromatic heterocycles. The van der Waals surface area contributed by atoms with E-state index >= 15 is 0 Å². The van der Waals surface area contributed by atoms with Gasteiger partial charge in [-0.3, -0.25) is 0 Å². The number of anilines is 3. The van der Waals surface area contributed by atoms with E-state index in [2.05, 4.69) is 145 Å². The summed E-state index contributed by atoms with van der Waals surface area (Å²) in [5, 5.41) is 0.705. The van der Waals surface area contributed by atoms with Gasteiger partial charge in [-0.15, -0.1) is 0 Å². The lowest BCUT2D eigenvalue weighted by atomic mass is 9.86. The van der Waals surface area contributed by atoms with Crippen LogP contribution in [0, 0.1) is 0 Å². The third kappa shape index (κ3) is 5.82. The molecule has 0 spiro atoms. The zero-order valence-electron chi connectivity index (χ0n) is 21.3. The second kappa shape index (κ2) is 10.6. The maximum atomic E-state index is 6.52. The van der Waals surface area contributed by atoms with E-state index in [9.17, 15) is 0 Å². The Bertz CT molecular complexity index is 1460. The van der Waals surface area contributed by atoms with Crippen molar-refractivity contribution in [2.45, 2.75) is 26.2 Å². The van der Waals surface area contributed by atoms with E-state index in [-0.39, 0.29) is 5.41 Å². The van der Waals surface area contributed by atoms with E-state index in [1.807, 2.05) is 18.2 Å². The average molecular weight is 567 g/mol. The van der Waals surface area contributed by atoms with E-state index in [4.69, 9.17) is 11.6 Å². The molecule has 5 aromatic carbocycles. The van der Waals surface area contributed by atoms with E-state index in [1.54, 1.807) is 0 Å². The molecule has 5 aromatic rings. The first-order valence-corrected chi connectivity index (χ1v) is 13.6. The molecular weight excluding hydrogens is 538 g/mol. The first-order valence-electron chi connectivity index (χ1n) is 12.4. The third-order valence-electron chi connectivity index (χ3n) is 6.46. The van der Waals surface area contributed by atoms with E-state index in [0.717, 1.165) is 32.7 Å². The zero-order chi connectivity index (χ0) is 26.0. The van der Waals surface area contributed by atoms with Crippen molar-refractivity contribution in [1.29, 1.82) is 0 Å². The predicted octanol–water partition coefficient (Wildman–Crippen LogP) is 11.2. The van der Waals surface area contributed by atoms with Crippen molar-refractivity contribution < 1.29 is 0 Å². The van der Waals surface area contributed by atoms with Gasteiger partial charge in [0.05, 0.1) is 0 Å². The van der Waals surface area contributed by atoms with Crippen LogP contribution in [0.1, 0.15) is 26.3 Å². The minimum absolute atomic E-state index is 0.000378. The number of hydrogen-bond donors (Lipinski definition) is 0. The minimum atomic E-state index is -0.000378. The molecule has 3 heteroatoms. The molecule has 0 fully saturated rings. The van der Waals surface area contributed by atoms with Crippen LogP contribution in [0.3, 0.4) is 0 Å². The summed E-state index contributed by atoms with van der Waals surface area (Å²) < 4.78 is 1.05. The minimum Gasteiger partial charge on any atom is -0.310 e. The van der Waals surface area contributed by atoms with Crippen molar-refractivity contribution >= 4 is 44.6 Å². The Morgan fingerprint density at radius 1 is 0.541 bits per heavy atom. The Labute approximate surface area is 233 Å². The lowest BCUT2D eigenvalue weighted by Crippen LogP contribution is -2.15. The Kier molecular flexibility index (Phi) is 7.24. The lowest BCUT2D eigenvalue weighted by molar-refractivity contribution is 0.590. The van der Waals surface area contributed by atoms with Crippen LogP contribution in [-0.2, 0) is 5.41 Å². The Hall–Kier alpha value is -3.33. The van der Waals surface area contributed by atoms with Gasteiger partial charge in [0.15, 0.2) is 0 Å². The number of halogens is 2. The van der Waals surface area contributed by atoms with E-state index < -0.39 is 0 Å². The summed E-state index contributed by atoms with van der Waals surface area (Å²) in [5.41, 5.74) is 9.09. The van der Waals surface area contributed by atoms with Gasteiger partial charge in [0, 0.05) is 26.6 Å². The molecule has 0 unspecified atom stereocenters. The van der Waals surface area contributed by atoms with Crippen LogP contribution in [-0.4, -0.2) is 0 Å². The summed E-state index contributed by atoms with van der Waals surface area (Å²) in [7, 11) is 0. The quantitative estimate of drug-likeness (QED) is 0.204. The molecule has 0 N–H and O–H groups in total. The summed E-state index contributed by atoms with van der Waals surface area (Å²) in [5.74, 6) is 0.